The van der Waals surface area contributed by atoms with Gasteiger partial charge in [0.1, 0.15) is 18.5 Å². The summed E-state index contributed by atoms with van der Waals surface area (Å²) < 4.78 is 1.69. The number of carbonyl (C=O) groups excluding carboxylic acids is 1. The Morgan fingerprint density at radius 3 is 2.50 bits per heavy atom. The number of carbonyl (C=O) groups is 1. The highest BCUT2D eigenvalue weighted by Crippen LogP contribution is 2.12. The van der Waals surface area contributed by atoms with Crippen LogP contribution in [0.5, 0.6) is 0 Å². The number of nitrogens with zero attached hydrogens (tertiary/aromatic N) is 6. The molecule has 1 aromatic carbocycles. The minimum Gasteiger partial charge on any atom is -0.336 e. The molecule has 1 amide bonds. The molecule has 0 radical (unpaired) electrons. The molecule has 0 spiro atoms. The maximum absolute atomic E-state index is 12.9. The van der Waals surface area contributed by atoms with Gasteiger partial charge in [0.25, 0.3) is 5.91 Å². The summed E-state index contributed by atoms with van der Waals surface area (Å²) in [6, 6.07) is 13.8. The van der Waals surface area contributed by atoms with Crippen LogP contribution in [0.4, 0.5) is 0 Å². The zero-order valence-electron chi connectivity index (χ0n) is 15.6. The predicted octanol–water partition coefficient (Wildman–Crippen LogP) is 2.13. The van der Waals surface area contributed by atoms with Crippen molar-refractivity contribution < 1.29 is 4.79 Å². The first-order chi connectivity index (χ1) is 13.8. The van der Waals surface area contributed by atoms with Crippen LogP contribution < -0.4 is 0 Å². The van der Waals surface area contributed by atoms with Gasteiger partial charge in [-0.05, 0) is 17.7 Å². The Balaban J connectivity index is 1.32. The van der Waals surface area contributed by atoms with Gasteiger partial charge in [-0.15, -0.1) is 10.2 Å². The maximum Gasteiger partial charge on any atom is 0.254 e. The van der Waals surface area contributed by atoms with Gasteiger partial charge in [-0.1, -0.05) is 42.5 Å². The van der Waals surface area contributed by atoms with Crippen LogP contribution in [0.25, 0.3) is 11.9 Å². The molecule has 0 atom stereocenters. The molecule has 0 aliphatic carbocycles. The Morgan fingerprint density at radius 1 is 1.00 bits per heavy atom. The standard InChI is InChI=1S/C21H22N6O/c28-21(19-8-9-22-20(15-19)27-16-23-24-17-27)26-13-11-25(12-14-26)10-4-7-18-5-2-1-3-6-18/h1-9,15-17H,10-14H2/b7-4+. The second kappa shape index (κ2) is 8.58. The highest BCUT2D eigenvalue weighted by Gasteiger charge is 2.22. The van der Waals surface area contributed by atoms with Crippen LogP contribution >= 0.6 is 0 Å². The fraction of sp³-hybridized carbons (Fsp3) is 0.238. The Hall–Kier alpha value is -3.32. The molecule has 7 nitrogen and oxygen atoms in total. The quantitative estimate of drug-likeness (QED) is 0.684. The number of hydrogen-bond acceptors (Lipinski definition) is 5. The number of hydrogen-bond donors (Lipinski definition) is 0. The Morgan fingerprint density at radius 2 is 1.75 bits per heavy atom. The molecule has 142 valence electrons. The normalized spacial score (nSPS) is 15.2. The van der Waals surface area contributed by atoms with Gasteiger partial charge in [-0.3, -0.25) is 14.3 Å². The van der Waals surface area contributed by atoms with Crippen LogP contribution in [0.2, 0.25) is 0 Å². The number of rotatable bonds is 5. The van der Waals surface area contributed by atoms with Gasteiger partial charge >= 0.3 is 0 Å². The zero-order chi connectivity index (χ0) is 19.2. The molecule has 0 bridgehead atoms. The molecule has 4 rings (SSSR count). The van der Waals surface area contributed by atoms with E-state index in [0.29, 0.717) is 11.4 Å². The van der Waals surface area contributed by atoms with Crippen molar-refractivity contribution in [2.75, 3.05) is 32.7 Å². The number of amides is 1. The lowest BCUT2D eigenvalue weighted by Crippen LogP contribution is -2.48. The predicted molar refractivity (Wildman–Crippen MR) is 107 cm³/mol. The second-order valence-corrected chi connectivity index (χ2v) is 6.68. The van der Waals surface area contributed by atoms with E-state index >= 15 is 0 Å². The lowest BCUT2D eigenvalue weighted by atomic mass is 10.2. The SMILES string of the molecule is O=C(c1ccnc(-n2cnnc2)c1)N1CCN(C/C=C/c2ccccc2)CC1. The van der Waals surface area contributed by atoms with Crippen molar-refractivity contribution in [2.24, 2.45) is 0 Å². The molecule has 3 heterocycles. The first kappa shape index (κ1) is 18.1. The van der Waals surface area contributed by atoms with Gasteiger partial charge in [0.2, 0.25) is 0 Å². The zero-order valence-corrected chi connectivity index (χ0v) is 15.6. The fourth-order valence-corrected chi connectivity index (χ4v) is 3.23. The second-order valence-electron chi connectivity index (χ2n) is 6.68. The summed E-state index contributed by atoms with van der Waals surface area (Å²) in [5.41, 5.74) is 1.84. The van der Waals surface area contributed by atoms with Crippen molar-refractivity contribution in [1.29, 1.82) is 0 Å². The smallest absolute Gasteiger partial charge is 0.254 e. The summed E-state index contributed by atoms with van der Waals surface area (Å²) in [6.07, 6.45) is 9.10. The number of pyridine rings is 1. The van der Waals surface area contributed by atoms with E-state index in [9.17, 15) is 4.79 Å². The van der Waals surface area contributed by atoms with Crippen LogP contribution in [0.3, 0.4) is 0 Å². The minimum atomic E-state index is 0.0382. The van der Waals surface area contributed by atoms with Gasteiger partial charge < -0.3 is 4.90 Å². The van der Waals surface area contributed by atoms with Crippen molar-refractivity contribution in [1.82, 2.24) is 29.5 Å². The molecule has 0 N–H and O–H groups in total. The van der Waals surface area contributed by atoms with Crippen molar-refractivity contribution in [2.45, 2.75) is 0 Å². The lowest BCUT2D eigenvalue weighted by molar-refractivity contribution is 0.0650. The molecule has 3 aromatic rings. The van der Waals surface area contributed by atoms with Gasteiger partial charge in [-0.2, -0.15) is 0 Å². The average Bonchev–Trinajstić information content (AvgIpc) is 3.30. The molecule has 1 saturated heterocycles. The van der Waals surface area contributed by atoms with Gasteiger partial charge in [0, 0.05) is 44.5 Å². The molecule has 1 aliphatic rings. The summed E-state index contributed by atoms with van der Waals surface area (Å²) in [7, 11) is 0. The molecule has 0 unspecified atom stereocenters. The van der Waals surface area contributed by atoms with Gasteiger partial charge in [0.05, 0.1) is 0 Å². The van der Waals surface area contributed by atoms with Crippen LogP contribution in [0, 0.1) is 0 Å². The topological polar surface area (TPSA) is 67.2 Å². The summed E-state index contributed by atoms with van der Waals surface area (Å²) >= 11 is 0. The highest BCUT2D eigenvalue weighted by atomic mass is 16.2. The van der Waals surface area contributed by atoms with Crippen molar-refractivity contribution in [3.05, 3.63) is 78.5 Å². The first-order valence-electron chi connectivity index (χ1n) is 9.34. The van der Waals surface area contributed by atoms with E-state index < -0.39 is 0 Å². The maximum atomic E-state index is 12.9. The van der Waals surface area contributed by atoms with Gasteiger partial charge in [0.15, 0.2) is 0 Å². The van der Waals surface area contributed by atoms with E-state index in [-0.39, 0.29) is 5.91 Å². The average molecular weight is 374 g/mol. The van der Waals surface area contributed by atoms with Crippen molar-refractivity contribution in [3.8, 4) is 5.82 Å². The minimum absolute atomic E-state index is 0.0382. The monoisotopic (exact) mass is 374 g/mol. The largest absolute Gasteiger partial charge is 0.336 e. The number of aromatic nitrogens is 4. The molecule has 2 aromatic heterocycles. The Kier molecular flexibility index (Phi) is 5.53. The fourth-order valence-electron chi connectivity index (χ4n) is 3.23. The first-order valence-corrected chi connectivity index (χ1v) is 9.34. The van der Waals surface area contributed by atoms with E-state index in [0.717, 1.165) is 32.7 Å². The van der Waals surface area contributed by atoms with E-state index in [4.69, 9.17) is 0 Å². The van der Waals surface area contributed by atoms with E-state index in [2.05, 4.69) is 44.4 Å². The summed E-state index contributed by atoms with van der Waals surface area (Å²) in [5, 5.41) is 7.56. The van der Waals surface area contributed by atoms with Crippen LogP contribution in [-0.4, -0.2) is 68.2 Å². The Bertz CT molecular complexity index is 931. The third-order valence-corrected chi connectivity index (χ3v) is 4.81. The number of piperazine rings is 1. The summed E-state index contributed by atoms with van der Waals surface area (Å²) in [6.45, 7) is 4.08. The number of benzene rings is 1. The third kappa shape index (κ3) is 4.32. The summed E-state index contributed by atoms with van der Waals surface area (Å²) in [4.78, 5) is 21.4. The lowest BCUT2D eigenvalue weighted by Gasteiger charge is -2.34. The van der Waals surface area contributed by atoms with Crippen LogP contribution in [0.1, 0.15) is 15.9 Å². The van der Waals surface area contributed by atoms with E-state index in [1.165, 1.54) is 5.56 Å². The van der Waals surface area contributed by atoms with Gasteiger partial charge in [-0.25, -0.2) is 4.98 Å². The van der Waals surface area contributed by atoms with Crippen LogP contribution in [-0.2, 0) is 0 Å². The van der Waals surface area contributed by atoms with Crippen molar-refractivity contribution in [3.63, 3.8) is 0 Å². The van der Waals surface area contributed by atoms with Crippen LogP contribution in [0.15, 0.2) is 67.4 Å². The molecule has 0 saturated carbocycles. The molecule has 1 fully saturated rings. The molecule has 28 heavy (non-hydrogen) atoms. The third-order valence-electron chi connectivity index (χ3n) is 4.81. The summed E-state index contributed by atoms with van der Waals surface area (Å²) in [5.74, 6) is 0.678. The molecular weight excluding hydrogens is 352 g/mol. The molecular formula is C21H22N6O. The Labute approximate surface area is 163 Å². The molecule has 1 aliphatic heterocycles. The highest BCUT2D eigenvalue weighted by molar-refractivity contribution is 5.94. The molecule has 7 heteroatoms. The van der Waals surface area contributed by atoms with Crippen molar-refractivity contribution >= 4 is 12.0 Å². The van der Waals surface area contributed by atoms with E-state index in [1.54, 1.807) is 35.6 Å². The van der Waals surface area contributed by atoms with E-state index in [1.807, 2.05) is 23.1 Å².